The van der Waals surface area contributed by atoms with Crippen LogP contribution in [0, 0.1) is 6.92 Å². The van der Waals surface area contributed by atoms with Gasteiger partial charge in [-0.05, 0) is 32.8 Å². The predicted molar refractivity (Wildman–Crippen MR) is 77.1 cm³/mol. The highest BCUT2D eigenvalue weighted by Crippen LogP contribution is 2.13. The fourth-order valence-corrected chi connectivity index (χ4v) is 1.72. The monoisotopic (exact) mass is 264 g/mol. The molecule has 2 atom stereocenters. The molecule has 0 aliphatic heterocycles. The molecule has 2 N–H and O–H groups in total. The molecule has 4 nitrogen and oxygen atoms in total. The van der Waals surface area contributed by atoms with E-state index in [-0.39, 0.29) is 18.2 Å². The first-order valence-corrected chi connectivity index (χ1v) is 6.66. The van der Waals surface area contributed by atoms with Crippen LogP contribution < -0.4 is 5.32 Å². The maximum atomic E-state index is 11.9. The molecule has 106 valence electrons. The Hall–Kier alpha value is -1.55. The van der Waals surface area contributed by atoms with Gasteiger partial charge in [-0.25, -0.2) is 4.79 Å². The third-order valence-corrected chi connectivity index (χ3v) is 3.15. The first-order valence-electron chi connectivity index (χ1n) is 6.66. The summed E-state index contributed by atoms with van der Waals surface area (Å²) in [6.07, 6.45) is 0.202. The maximum absolute atomic E-state index is 11.9. The lowest BCUT2D eigenvalue weighted by Crippen LogP contribution is -2.39. The molecule has 0 aliphatic carbocycles. The van der Waals surface area contributed by atoms with E-state index in [1.54, 1.807) is 18.9 Å². The zero-order valence-electron chi connectivity index (χ0n) is 12.2. The average Bonchev–Trinajstić information content (AvgIpc) is 2.36. The zero-order chi connectivity index (χ0) is 14.4. The van der Waals surface area contributed by atoms with Gasteiger partial charge in [0.05, 0.1) is 12.1 Å². The van der Waals surface area contributed by atoms with Crippen LogP contribution in [0.5, 0.6) is 0 Å². The number of urea groups is 1. The lowest BCUT2D eigenvalue weighted by atomic mass is 10.1. The standard InChI is InChI=1S/C15H24N2O2/c1-11-5-7-14(8-6-11)13(3)16-15(19)17(4)10-9-12(2)18/h5-8,12-13,18H,9-10H2,1-4H3,(H,16,19). The summed E-state index contributed by atoms with van der Waals surface area (Å²) in [5.74, 6) is 0. The van der Waals surface area contributed by atoms with E-state index >= 15 is 0 Å². The van der Waals surface area contributed by atoms with Crippen LogP contribution in [-0.4, -0.2) is 35.7 Å². The predicted octanol–water partition coefficient (Wildman–Crippen LogP) is 2.47. The Bertz CT molecular complexity index is 401. The van der Waals surface area contributed by atoms with Crippen molar-refractivity contribution in [2.75, 3.05) is 13.6 Å². The molecule has 0 aliphatic rings. The molecule has 0 fully saturated rings. The van der Waals surface area contributed by atoms with Gasteiger partial charge in [-0.3, -0.25) is 0 Å². The molecule has 0 saturated heterocycles. The minimum atomic E-state index is -0.384. The van der Waals surface area contributed by atoms with Crippen LogP contribution in [-0.2, 0) is 0 Å². The SMILES string of the molecule is Cc1ccc(C(C)NC(=O)N(C)CCC(C)O)cc1. The van der Waals surface area contributed by atoms with Gasteiger partial charge in [0.2, 0.25) is 0 Å². The molecule has 2 amide bonds. The number of benzene rings is 1. The van der Waals surface area contributed by atoms with E-state index in [1.807, 2.05) is 38.1 Å². The van der Waals surface area contributed by atoms with E-state index in [9.17, 15) is 9.90 Å². The highest BCUT2D eigenvalue weighted by molar-refractivity contribution is 5.74. The van der Waals surface area contributed by atoms with Crippen LogP contribution >= 0.6 is 0 Å². The molecule has 1 aromatic rings. The van der Waals surface area contributed by atoms with Crippen LogP contribution in [0.1, 0.15) is 37.4 Å². The van der Waals surface area contributed by atoms with Crippen LogP contribution in [0.2, 0.25) is 0 Å². The number of amides is 2. The third-order valence-electron chi connectivity index (χ3n) is 3.15. The van der Waals surface area contributed by atoms with Crippen molar-refractivity contribution >= 4 is 6.03 Å². The van der Waals surface area contributed by atoms with Gasteiger partial charge in [0, 0.05) is 13.6 Å². The first kappa shape index (κ1) is 15.5. The largest absolute Gasteiger partial charge is 0.393 e. The number of aliphatic hydroxyl groups is 1. The Kier molecular flexibility index (Phi) is 5.83. The third kappa shape index (κ3) is 5.30. The number of carbonyl (C=O) groups excluding carboxylic acids is 1. The minimum Gasteiger partial charge on any atom is -0.393 e. The molecule has 1 rings (SSSR count). The van der Waals surface area contributed by atoms with Crippen molar-refractivity contribution in [1.29, 1.82) is 0 Å². The summed E-state index contributed by atoms with van der Waals surface area (Å²) < 4.78 is 0. The molecule has 0 saturated carbocycles. The first-order chi connectivity index (χ1) is 8.90. The summed E-state index contributed by atoms with van der Waals surface area (Å²) in [5.41, 5.74) is 2.29. The number of aryl methyl sites for hydroxylation is 1. The van der Waals surface area contributed by atoms with Gasteiger partial charge in [-0.1, -0.05) is 29.8 Å². The summed E-state index contributed by atoms with van der Waals surface area (Å²) in [6.45, 7) is 6.27. The Morgan fingerprint density at radius 3 is 2.42 bits per heavy atom. The van der Waals surface area contributed by atoms with Crippen LogP contribution in [0.25, 0.3) is 0 Å². The fraction of sp³-hybridized carbons (Fsp3) is 0.533. The average molecular weight is 264 g/mol. The van der Waals surface area contributed by atoms with Crippen molar-refractivity contribution in [1.82, 2.24) is 10.2 Å². The van der Waals surface area contributed by atoms with Gasteiger partial charge in [0.15, 0.2) is 0 Å². The molecule has 4 heteroatoms. The van der Waals surface area contributed by atoms with Crippen LogP contribution in [0.3, 0.4) is 0 Å². The van der Waals surface area contributed by atoms with Crippen molar-refractivity contribution in [2.45, 2.75) is 39.3 Å². The van der Waals surface area contributed by atoms with Gasteiger partial charge in [0.25, 0.3) is 0 Å². The van der Waals surface area contributed by atoms with Crippen LogP contribution in [0.4, 0.5) is 4.79 Å². The lowest BCUT2D eigenvalue weighted by Gasteiger charge is -2.22. The number of hydrogen-bond acceptors (Lipinski definition) is 2. The van der Waals surface area contributed by atoms with Crippen molar-refractivity contribution < 1.29 is 9.90 Å². The topological polar surface area (TPSA) is 52.6 Å². The molecule has 0 radical (unpaired) electrons. The Labute approximate surface area is 115 Å². The summed E-state index contributed by atoms with van der Waals surface area (Å²) in [5, 5.41) is 12.2. The van der Waals surface area contributed by atoms with E-state index in [4.69, 9.17) is 0 Å². The second kappa shape index (κ2) is 7.14. The van der Waals surface area contributed by atoms with E-state index in [2.05, 4.69) is 5.32 Å². The summed E-state index contributed by atoms with van der Waals surface area (Å²) in [7, 11) is 1.74. The number of aliphatic hydroxyl groups excluding tert-OH is 1. The number of nitrogens with one attached hydrogen (secondary N) is 1. The minimum absolute atomic E-state index is 0.0258. The second-order valence-electron chi connectivity index (χ2n) is 5.14. The van der Waals surface area contributed by atoms with Crippen molar-refractivity contribution in [3.05, 3.63) is 35.4 Å². The van der Waals surface area contributed by atoms with Gasteiger partial charge < -0.3 is 15.3 Å². The Balaban J connectivity index is 2.49. The molecule has 2 unspecified atom stereocenters. The molecule has 0 heterocycles. The van der Waals surface area contributed by atoms with Gasteiger partial charge in [-0.15, -0.1) is 0 Å². The molecule has 1 aromatic carbocycles. The highest BCUT2D eigenvalue weighted by atomic mass is 16.3. The summed E-state index contributed by atoms with van der Waals surface area (Å²) >= 11 is 0. The second-order valence-corrected chi connectivity index (χ2v) is 5.14. The summed E-state index contributed by atoms with van der Waals surface area (Å²) in [6, 6.07) is 7.98. The smallest absolute Gasteiger partial charge is 0.317 e. The van der Waals surface area contributed by atoms with E-state index in [0.29, 0.717) is 13.0 Å². The lowest BCUT2D eigenvalue weighted by molar-refractivity contribution is 0.162. The fourth-order valence-electron chi connectivity index (χ4n) is 1.72. The van der Waals surface area contributed by atoms with Gasteiger partial charge in [-0.2, -0.15) is 0 Å². The highest BCUT2D eigenvalue weighted by Gasteiger charge is 2.13. The zero-order valence-corrected chi connectivity index (χ0v) is 12.2. The molecule has 19 heavy (non-hydrogen) atoms. The normalized spacial score (nSPS) is 13.7. The number of hydrogen-bond donors (Lipinski definition) is 2. The molecule has 0 bridgehead atoms. The summed E-state index contributed by atoms with van der Waals surface area (Å²) in [4.78, 5) is 13.5. The Morgan fingerprint density at radius 2 is 1.89 bits per heavy atom. The number of rotatable bonds is 5. The maximum Gasteiger partial charge on any atom is 0.317 e. The van der Waals surface area contributed by atoms with Crippen molar-refractivity contribution in [3.8, 4) is 0 Å². The van der Waals surface area contributed by atoms with Crippen LogP contribution in [0.15, 0.2) is 24.3 Å². The van der Waals surface area contributed by atoms with Crippen molar-refractivity contribution in [2.24, 2.45) is 0 Å². The number of nitrogens with zero attached hydrogens (tertiary/aromatic N) is 1. The van der Waals surface area contributed by atoms with Gasteiger partial charge in [0.1, 0.15) is 0 Å². The molecule has 0 aromatic heterocycles. The molecular weight excluding hydrogens is 240 g/mol. The van der Waals surface area contributed by atoms with E-state index in [1.165, 1.54) is 5.56 Å². The van der Waals surface area contributed by atoms with Crippen molar-refractivity contribution in [3.63, 3.8) is 0 Å². The quantitative estimate of drug-likeness (QED) is 0.858. The Morgan fingerprint density at radius 1 is 1.32 bits per heavy atom. The van der Waals surface area contributed by atoms with E-state index < -0.39 is 0 Å². The number of carbonyl (C=O) groups is 1. The molecular formula is C15H24N2O2. The molecule has 0 spiro atoms. The van der Waals surface area contributed by atoms with Gasteiger partial charge >= 0.3 is 6.03 Å². The van der Waals surface area contributed by atoms with E-state index in [0.717, 1.165) is 5.56 Å².